The van der Waals surface area contributed by atoms with E-state index in [9.17, 15) is 13.2 Å². The summed E-state index contributed by atoms with van der Waals surface area (Å²) in [5.74, 6) is 0.213. The number of nitrogens with zero attached hydrogens (tertiary/aromatic N) is 4. The predicted octanol–water partition coefficient (Wildman–Crippen LogP) is 2.99. The van der Waals surface area contributed by atoms with Gasteiger partial charge in [0.05, 0.1) is 22.0 Å². The number of aromatic nitrogens is 4. The molecule has 0 bridgehead atoms. The Bertz CT molecular complexity index is 1360. The molecule has 4 aromatic rings. The van der Waals surface area contributed by atoms with Crippen LogP contribution in [0.4, 0.5) is 0 Å². The third-order valence-electron chi connectivity index (χ3n) is 4.48. The second-order valence-electron chi connectivity index (χ2n) is 6.74. The molecular weight excluding hydrogens is 458 g/mol. The summed E-state index contributed by atoms with van der Waals surface area (Å²) >= 11 is 3.12. The van der Waals surface area contributed by atoms with Crippen molar-refractivity contribution in [2.45, 2.75) is 32.2 Å². The molecule has 0 atom stereocenters. The molecule has 4 aromatic heterocycles. The molecule has 4 rings (SSSR count). The van der Waals surface area contributed by atoms with Gasteiger partial charge in [0.1, 0.15) is 21.3 Å². The van der Waals surface area contributed by atoms with Gasteiger partial charge in [0.15, 0.2) is 5.76 Å². The van der Waals surface area contributed by atoms with Crippen molar-refractivity contribution in [2.24, 2.45) is 0 Å². The molecule has 0 amide bonds. The standard InChI is InChI=1S/C19H19N5O4S3/c1-11-17(30-19(21-11)15-5-4-10-29-15)14-6-7-16(25)24(22-14)9-8-20-31(26,27)18-12(2)23-28-13(18)3/h4-7,10,20H,8-9H2,1-3H3. The molecule has 162 valence electrons. The van der Waals surface area contributed by atoms with Crippen LogP contribution in [0, 0.1) is 20.8 Å². The van der Waals surface area contributed by atoms with E-state index in [1.807, 2.05) is 24.4 Å². The maximum absolute atomic E-state index is 12.5. The highest BCUT2D eigenvalue weighted by Crippen LogP contribution is 2.35. The molecule has 0 saturated carbocycles. The fraction of sp³-hybridized carbons (Fsp3) is 0.263. The molecule has 0 radical (unpaired) electrons. The second kappa shape index (κ2) is 8.46. The van der Waals surface area contributed by atoms with E-state index < -0.39 is 10.0 Å². The first-order valence-electron chi connectivity index (χ1n) is 9.28. The Balaban J connectivity index is 1.54. The zero-order chi connectivity index (χ0) is 22.2. The first-order chi connectivity index (χ1) is 14.8. The number of sulfonamides is 1. The molecule has 0 aliphatic carbocycles. The summed E-state index contributed by atoms with van der Waals surface area (Å²) < 4.78 is 33.7. The maximum Gasteiger partial charge on any atom is 0.266 e. The average Bonchev–Trinajstić information content (AvgIpc) is 3.44. The number of rotatable bonds is 7. The summed E-state index contributed by atoms with van der Waals surface area (Å²) in [5, 5.41) is 11.0. The van der Waals surface area contributed by atoms with Crippen LogP contribution in [0.3, 0.4) is 0 Å². The van der Waals surface area contributed by atoms with Gasteiger partial charge < -0.3 is 4.52 Å². The van der Waals surface area contributed by atoms with Crippen molar-refractivity contribution in [2.75, 3.05) is 6.54 Å². The molecule has 0 aliphatic rings. The largest absolute Gasteiger partial charge is 0.360 e. The van der Waals surface area contributed by atoms with Crippen molar-refractivity contribution in [1.82, 2.24) is 24.6 Å². The zero-order valence-electron chi connectivity index (χ0n) is 16.9. The summed E-state index contributed by atoms with van der Waals surface area (Å²) in [6, 6.07) is 7.06. The molecule has 0 fully saturated rings. The highest BCUT2D eigenvalue weighted by Gasteiger charge is 2.23. The van der Waals surface area contributed by atoms with Gasteiger partial charge in [-0.3, -0.25) is 4.79 Å². The van der Waals surface area contributed by atoms with Crippen LogP contribution in [-0.2, 0) is 16.6 Å². The van der Waals surface area contributed by atoms with Gasteiger partial charge in [-0.1, -0.05) is 11.2 Å². The van der Waals surface area contributed by atoms with Gasteiger partial charge in [0, 0.05) is 12.6 Å². The minimum atomic E-state index is -3.81. The fourth-order valence-electron chi connectivity index (χ4n) is 3.09. The zero-order valence-corrected chi connectivity index (χ0v) is 19.4. The predicted molar refractivity (Wildman–Crippen MR) is 119 cm³/mol. The van der Waals surface area contributed by atoms with E-state index in [2.05, 4.69) is 20.0 Å². The lowest BCUT2D eigenvalue weighted by Gasteiger charge is -2.08. The molecule has 31 heavy (non-hydrogen) atoms. The van der Waals surface area contributed by atoms with Crippen LogP contribution in [0.1, 0.15) is 17.1 Å². The topological polar surface area (TPSA) is 120 Å². The number of thiophene rings is 1. The summed E-state index contributed by atoms with van der Waals surface area (Å²) in [6.07, 6.45) is 0. The average molecular weight is 478 g/mol. The van der Waals surface area contributed by atoms with Crippen LogP contribution >= 0.6 is 22.7 Å². The molecule has 0 unspecified atom stereocenters. The SMILES string of the molecule is Cc1nc(-c2cccs2)sc1-c1ccc(=O)n(CCNS(=O)(=O)c2c(C)noc2C)n1. The molecule has 12 heteroatoms. The van der Waals surface area contributed by atoms with Crippen LogP contribution in [0.25, 0.3) is 20.5 Å². The molecule has 4 heterocycles. The van der Waals surface area contributed by atoms with E-state index in [1.54, 1.807) is 24.3 Å². The van der Waals surface area contributed by atoms with Crippen molar-refractivity contribution < 1.29 is 12.9 Å². The Hall–Kier alpha value is -2.67. The first kappa shape index (κ1) is 21.6. The highest BCUT2D eigenvalue weighted by atomic mass is 32.2. The summed E-state index contributed by atoms with van der Waals surface area (Å²) in [7, 11) is -3.81. The summed E-state index contributed by atoms with van der Waals surface area (Å²) in [4.78, 5) is 18.8. The van der Waals surface area contributed by atoms with E-state index in [-0.39, 0.29) is 35.0 Å². The quantitative estimate of drug-likeness (QED) is 0.434. The van der Waals surface area contributed by atoms with Crippen LogP contribution in [-0.4, -0.2) is 34.9 Å². The van der Waals surface area contributed by atoms with Crippen LogP contribution in [0.5, 0.6) is 0 Å². The molecular formula is C19H19N5O4S3. The van der Waals surface area contributed by atoms with Gasteiger partial charge in [-0.2, -0.15) is 5.10 Å². The lowest BCUT2D eigenvalue weighted by atomic mass is 10.3. The smallest absolute Gasteiger partial charge is 0.266 e. The number of hydrogen-bond acceptors (Lipinski definition) is 9. The number of thiazole rings is 1. The lowest BCUT2D eigenvalue weighted by molar-refractivity contribution is 0.390. The first-order valence-corrected chi connectivity index (χ1v) is 12.5. The minimum Gasteiger partial charge on any atom is -0.360 e. The van der Waals surface area contributed by atoms with Crippen LogP contribution in [0.2, 0.25) is 0 Å². The van der Waals surface area contributed by atoms with Crippen LogP contribution < -0.4 is 10.3 Å². The highest BCUT2D eigenvalue weighted by molar-refractivity contribution is 7.89. The van der Waals surface area contributed by atoms with Crippen molar-refractivity contribution in [3.8, 4) is 20.5 Å². The molecule has 1 N–H and O–H groups in total. The van der Waals surface area contributed by atoms with E-state index in [0.29, 0.717) is 5.69 Å². The van der Waals surface area contributed by atoms with Gasteiger partial charge in [-0.25, -0.2) is 22.8 Å². The van der Waals surface area contributed by atoms with Crippen molar-refractivity contribution in [3.05, 3.63) is 57.1 Å². The van der Waals surface area contributed by atoms with Gasteiger partial charge in [-0.05, 0) is 38.3 Å². The number of aryl methyl sites for hydroxylation is 3. The van der Waals surface area contributed by atoms with Crippen molar-refractivity contribution in [3.63, 3.8) is 0 Å². The fourth-order valence-corrected chi connectivity index (χ4v) is 6.26. The van der Waals surface area contributed by atoms with Crippen LogP contribution in [0.15, 0.2) is 43.9 Å². The van der Waals surface area contributed by atoms with Crippen molar-refractivity contribution >= 4 is 32.7 Å². The molecule has 9 nitrogen and oxygen atoms in total. The molecule has 0 saturated heterocycles. The summed E-state index contributed by atoms with van der Waals surface area (Å²) in [5.41, 5.74) is 1.40. The van der Waals surface area contributed by atoms with E-state index in [4.69, 9.17) is 4.52 Å². The van der Waals surface area contributed by atoms with E-state index in [1.165, 1.54) is 29.0 Å². The third-order valence-corrected chi connectivity index (χ3v) is 8.40. The second-order valence-corrected chi connectivity index (χ2v) is 10.4. The van der Waals surface area contributed by atoms with E-state index in [0.717, 1.165) is 20.5 Å². The number of nitrogens with one attached hydrogen (secondary N) is 1. The number of hydrogen-bond donors (Lipinski definition) is 1. The normalized spacial score (nSPS) is 11.8. The third kappa shape index (κ3) is 4.37. The Kier molecular flexibility index (Phi) is 5.88. The molecule has 0 aliphatic heterocycles. The Morgan fingerprint density at radius 2 is 1.97 bits per heavy atom. The Morgan fingerprint density at radius 3 is 2.65 bits per heavy atom. The molecule has 0 aromatic carbocycles. The molecule has 0 spiro atoms. The monoisotopic (exact) mass is 477 g/mol. The minimum absolute atomic E-state index is 0.00906. The summed E-state index contributed by atoms with van der Waals surface area (Å²) in [6.45, 7) is 5.06. The Morgan fingerprint density at radius 1 is 1.16 bits per heavy atom. The maximum atomic E-state index is 12.5. The lowest BCUT2D eigenvalue weighted by Crippen LogP contribution is -2.32. The van der Waals surface area contributed by atoms with Gasteiger partial charge in [0.25, 0.3) is 5.56 Å². The van der Waals surface area contributed by atoms with Gasteiger partial charge in [-0.15, -0.1) is 22.7 Å². The van der Waals surface area contributed by atoms with Gasteiger partial charge >= 0.3 is 0 Å². The van der Waals surface area contributed by atoms with Crippen molar-refractivity contribution in [1.29, 1.82) is 0 Å². The van der Waals surface area contributed by atoms with E-state index >= 15 is 0 Å². The Labute approximate surface area is 186 Å². The van der Waals surface area contributed by atoms with Gasteiger partial charge in [0.2, 0.25) is 10.0 Å².